The van der Waals surface area contributed by atoms with E-state index in [0.29, 0.717) is 30.3 Å². The van der Waals surface area contributed by atoms with Crippen molar-refractivity contribution in [2.45, 2.75) is 77.0 Å². The number of methoxy groups -OCH3 is 1. The fraction of sp³-hybridized carbons (Fsp3) is 0.739. The Kier molecular flexibility index (Phi) is 10.1. The van der Waals surface area contributed by atoms with E-state index in [2.05, 4.69) is 24.5 Å². The maximum atomic E-state index is 9.87. The predicted molar refractivity (Wildman–Crippen MR) is 113 cm³/mol. The molecular weight excluding hydrogens is 354 g/mol. The Hall–Kier alpha value is -1.30. The molecule has 1 unspecified atom stereocenters. The van der Waals surface area contributed by atoms with Crippen LogP contribution < -0.4 is 0 Å². The number of aliphatic hydroxyl groups excluding tert-OH is 1. The van der Waals surface area contributed by atoms with Crippen LogP contribution in [0.2, 0.25) is 0 Å². The summed E-state index contributed by atoms with van der Waals surface area (Å²) in [4.78, 5) is 2.44. The van der Waals surface area contributed by atoms with Gasteiger partial charge >= 0.3 is 0 Å². The van der Waals surface area contributed by atoms with Crippen LogP contribution in [0.3, 0.4) is 0 Å². The molecular formula is C23H39NO4. The van der Waals surface area contributed by atoms with Crippen molar-refractivity contribution >= 4 is 0 Å². The largest absolute Gasteiger partial charge is 0.493 e. The van der Waals surface area contributed by atoms with Crippen molar-refractivity contribution in [1.82, 2.24) is 4.90 Å². The molecule has 2 fully saturated rings. The molecule has 5 nitrogen and oxygen atoms in total. The molecule has 2 rings (SSSR count). The minimum Gasteiger partial charge on any atom is -0.493 e. The van der Waals surface area contributed by atoms with Crippen molar-refractivity contribution in [3.63, 3.8) is 0 Å². The van der Waals surface area contributed by atoms with Crippen molar-refractivity contribution in [1.29, 1.82) is 0 Å². The zero-order valence-electron chi connectivity index (χ0n) is 18.0. The number of nitrogens with zero attached hydrogens (tertiary/aromatic N) is 1. The zero-order chi connectivity index (χ0) is 20.4. The number of hydrogen-bond acceptors (Lipinski definition) is 5. The summed E-state index contributed by atoms with van der Waals surface area (Å²) in [5.74, 6) is 1.27. The van der Waals surface area contributed by atoms with Gasteiger partial charge in [-0.15, -0.1) is 0 Å². The standard InChI is InChI=1S/C23H39NO4/c1-5-19(11-12-22(26-4)18(3)27-6-2)14-16-28-23-10-8-7-9-21(23)24-15-13-20(25)17-24/h5,12,20-21,23,25H,3,6-11,13-17H2,1-2,4H3/b19-5+,22-12+/t20-,21-,23?/m1/s1. The number of β-amino-alcohol motifs (C(OH)–C–C–N with tert-alkyl or cyclic N) is 1. The molecule has 1 aliphatic carbocycles. The van der Waals surface area contributed by atoms with Crippen LogP contribution in [0.25, 0.3) is 0 Å². The summed E-state index contributed by atoms with van der Waals surface area (Å²) >= 11 is 0. The van der Waals surface area contributed by atoms with Crippen molar-refractivity contribution in [2.24, 2.45) is 0 Å². The molecule has 0 aromatic rings. The molecule has 5 heteroatoms. The molecule has 0 aromatic heterocycles. The number of ether oxygens (including phenoxy) is 3. The van der Waals surface area contributed by atoms with Crippen molar-refractivity contribution in [3.05, 3.63) is 35.8 Å². The lowest BCUT2D eigenvalue weighted by atomic mass is 9.91. The second-order valence-electron chi connectivity index (χ2n) is 7.73. The number of rotatable bonds is 11. The smallest absolute Gasteiger partial charge is 0.156 e. The quantitative estimate of drug-likeness (QED) is 0.324. The molecule has 3 atom stereocenters. The molecule has 0 amide bonds. The van der Waals surface area contributed by atoms with E-state index in [0.717, 1.165) is 45.4 Å². The molecule has 1 aliphatic heterocycles. The van der Waals surface area contributed by atoms with Gasteiger partial charge in [-0.25, -0.2) is 0 Å². The second kappa shape index (κ2) is 12.3. The minimum absolute atomic E-state index is 0.162. The summed E-state index contributed by atoms with van der Waals surface area (Å²) in [5, 5.41) is 9.87. The van der Waals surface area contributed by atoms with Crippen molar-refractivity contribution in [3.8, 4) is 0 Å². The summed E-state index contributed by atoms with van der Waals surface area (Å²) < 4.78 is 17.2. The fourth-order valence-corrected chi connectivity index (χ4v) is 4.24. The van der Waals surface area contributed by atoms with Crippen LogP contribution >= 0.6 is 0 Å². The van der Waals surface area contributed by atoms with Crippen LogP contribution in [0.5, 0.6) is 0 Å². The SMILES string of the molecule is C=C(OCC)/C(=C\C/C(=C\C)CCOC1CCCC[C@H]1N1CC[C@@H](O)C1)OC. The van der Waals surface area contributed by atoms with Crippen LogP contribution in [-0.4, -0.2) is 61.7 Å². The third kappa shape index (κ3) is 6.94. The van der Waals surface area contributed by atoms with Gasteiger partial charge in [0, 0.05) is 19.1 Å². The normalized spacial score (nSPS) is 27.1. The highest BCUT2D eigenvalue weighted by Crippen LogP contribution is 2.28. The van der Waals surface area contributed by atoms with Gasteiger partial charge in [0.25, 0.3) is 0 Å². The minimum atomic E-state index is -0.162. The van der Waals surface area contributed by atoms with Gasteiger partial charge in [0.2, 0.25) is 0 Å². The van der Waals surface area contributed by atoms with Crippen LogP contribution in [0.1, 0.15) is 58.8 Å². The summed E-state index contributed by atoms with van der Waals surface area (Å²) in [6.07, 6.45) is 11.8. The summed E-state index contributed by atoms with van der Waals surface area (Å²) in [7, 11) is 1.65. The van der Waals surface area contributed by atoms with Gasteiger partial charge in [-0.3, -0.25) is 4.90 Å². The Balaban J connectivity index is 1.81. The second-order valence-corrected chi connectivity index (χ2v) is 7.73. The highest BCUT2D eigenvalue weighted by atomic mass is 16.5. The third-order valence-corrected chi connectivity index (χ3v) is 5.86. The molecule has 0 spiro atoms. The summed E-state index contributed by atoms with van der Waals surface area (Å²) in [6, 6.07) is 0.467. The molecule has 1 N–H and O–H groups in total. The van der Waals surface area contributed by atoms with Gasteiger partial charge in [-0.05, 0) is 52.0 Å². The van der Waals surface area contributed by atoms with Crippen molar-refractivity contribution in [2.75, 3.05) is 33.4 Å². The van der Waals surface area contributed by atoms with E-state index in [1.807, 2.05) is 13.0 Å². The van der Waals surface area contributed by atoms with E-state index in [9.17, 15) is 5.11 Å². The van der Waals surface area contributed by atoms with Crippen LogP contribution in [0.15, 0.2) is 35.8 Å². The highest BCUT2D eigenvalue weighted by molar-refractivity contribution is 5.20. The first-order chi connectivity index (χ1) is 13.6. The van der Waals surface area contributed by atoms with E-state index < -0.39 is 0 Å². The van der Waals surface area contributed by atoms with Gasteiger partial charge in [-0.2, -0.15) is 0 Å². The monoisotopic (exact) mass is 393 g/mol. The Morgan fingerprint density at radius 1 is 1.25 bits per heavy atom. The zero-order valence-corrected chi connectivity index (χ0v) is 18.0. The van der Waals surface area contributed by atoms with Crippen LogP contribution in [0, 0.1) is 0 Å². The lowest BCUT2D eigenvalue weighted by Gasteiger charge is -2.37. The fourth-order valence-electron chi connectivity index (χ4n) is 4.24. The average molecular weight is 394 g/mol. The number of allylic oxidation sites excluding steroid dienone is 2. The first-order valence-electron chi connectivity index (χ1n) is 10.8. The van der Waals surface area contributed by atoms with Crippen molar-refractivity contribution < 1.29 is 19.3 Å². The molecule has 1 heterocycles. The number of aliphatic hydroxyl groups is 1. The Labute approximate surface area is 171 Å². The average Bonchev–Trinajstić information content (AvgIpc) is 3.13. The Bertz CT molecular complexity index is 543. The topological polar surface area (TPSA) is 51.2 Å². The first-order valence-corrected chi connectivity index (χ1v) is 10.8. The highest BCUT2D eigenvalue weighted by Gasteiger charge is 2.34. The van der Waals surface area contributed by atoms with Crippen LogP contribution in [0.4, 0.5) is 0 Å². The van der Waals surface area contributed by atoms with Gasteiger partial charge in [0.05, 0.1) is 32.5 Å². The van der Waals surface area contributed by atoms with E-state index in [-0.39, 0.29) is 6.10 Å². The number of hydrogen-bond donors (Lipinski definition) is 1. The number of likely N-dealkylation sites (tertiary alicyclic amines) is 1. The van der Waals surface area contributed by atoms with Gasteiger partial charge in [0.15, 0.2) is 11.5 Å². The molecule has 0 aromatic carbocycles. The van der Waals surface area contributed by atoms with Gasteiger partial charge in [-0.1, -0.05) is 31.1 Å². The lowest BCUT2D eigenvalue weighted by molar-refractivity contribution is -0.0316. The first kappa shape index (κ1) is 23.0. The predicted octanol–water partition coefficient (Wildman–Crippen LogP) is 4.19. The molecule has 0 radical (unpaired) electrons. The Morgan fingerprint density at radius 2 is 2.04 bits per heavy atom. The van der Waals surface area contributed by atoms with E-state index in [4.69, 9.17) is 14.2 Å². The maximum absolute atomic E-state index is 9.87. The third-order valence-electron chi connectivity index (χ3n) is 5.86. The molecule has 1 saturated carbocycles. The van der Waals surface area contributed by atoms with Gasteiger partial charge in [0.1, 0.15) is 0 Å². The van der Waals surface area contributed by atoms with E-state index >= 15 is 0 Å². The molecule has 2 aliphatic rings. The maximum Gasteiger partial charge on any atom is 0.156 e. The molecule has 0 bridgehead atoms. The molecule has 1 saturated heterocycles. The molecule has 160 valence electrons. The van der Waals surface area contributed by atoms with Crippen LogP contribution in [-0.2, 0) is 14.2 Å². The summed E-state index contributed by atoms with van der Waals surface area (Å²) in [5.41, 5.74) is 1.32. The summed E-state index contributed by atoms with van der Waals surface area (Å²) in [6.45, 7) is 11.0. The van der Waals surface area contributed by atoms with E-state index in [1.54, 1.807) is 7.11 Å². The van der Waals surface area contributed by atoms with Gasteiger partial charge < -0.3 is 19.3 Å². The van der Waals surface area contributed by atoms with E-state index in [1.165, 1.54) is 24.8 Å². The Morgan fingerprint density at radius 3 is 2.68 bits per heavy atom. The molecule has 28 heavy (non-hydrogen) atoms. The lowest BCUT2D eigenvalue weighted by Crippen LogP contribution is -2.46.